The van der Waals surface area contributed by atoms with Crippen molar-refractivity contribution in [2.45, 2.75) is 64.2 Å². The number of aromatic nitrogens is 3. The predicted octanol–water partition coefficient (Wildman–Crippen LogP) is 2.36. The van der Waals surface area contributed by atoms with Crippen molar-refractivity contribution >= 4 is 46.0 Å². The summed E-state index contributed by atoms with van der Waals surface area (Å²) in [7, 11) is 0. The lowest BCUT2D eigenvalue weighted by Gasteiger charge is -2.36. The van der Waals surface area contributed by atoms with Gasteiger partial charge in [-0.25, -0.2) is 4.98 Å². The monoisotopic (exact) mass is 717 g/mol. The number of pyridine rings is 3. The highest BCUT2D eigenvalue weighted by molar-refractivity contribution is 6.05. The Morgan fingerprint density at radius 3 is 2.38 bits per heavy atom. The van der Waals surface area contributed by atoms with Crippen LogP contribution in [0.4, 0.5) is 11.4 Å². The predicted molar refractivity (Wildman–Crippen MR) is 199 cm³/mol. The van der Waals surface area contributed by atoms with Crippen LogP contribution in [0.15, 0.2) is 59.7 Å². The van der Waals surface area contributed by atoms with Crippen molar-refractivity contribution in [1.82, 2.24) is 35.4 Å². The maximum Gasteiger partial charge on any atom is 0.270 e. The first-order valence-corrected chi connectivity index (χ1v) is 18.5. The summed E-state index contributed by atoms with van der Waals surface area (Å²) in [6.45, 7) is 7.93. The number of piperazine rings is 1. The zero-order valence-corrected chi connectivity index (χ0v) is 29.8. The van der Waals surface area contributed by atoms with Crippen molar-refractivity contribution < 1.29 is 19.2 Å². The summed E-state index contributed by atoms with van der Waals surface area (Å²) in [5, 5.41) is 5.51. The van der Waals surface area contributed by atoms with Gasteiger partial charge in [-0.15, -0.1) is 0 Å². The highest BCUT2D eigenvalue weighted by Crippen LogP contribution is 2.31. The first-order chi connectivity index (χ1) is 25.7. The zero-order chi connectivity index (χ0) is 36.6. The number of amides is 4. The molecule has 3 fully saturated rings. The lowest BCUT2D eigenvalue weighted by Crippen LogP contribution is -2.52. The molecule has 3 N–H and O–H groups in total. The molecule has 7 heterocycles. The molecule has 4 aliphatic rings. The fourth-order valence-electron chi connectivity index (χ4n) is 7.93. The molecule has 14 nitrogen and oxygen atoms in total. The van der Waals surface area contributed by atoms with Gasteiger partial charge in [0.2, 0.25) is 11.8 Å². The fourth-order valence-corrected chi connectivity index (χ4v) is 7.93. The molecule has 0 spiro atoms. The van der Waals surface area contributed by atoms with E-state index in [0.29, 0.717) is 30.6 Å². The summed E-state index contributed by atoms with van der Waals surface area (Å²) in [5.74, 6) is -1.08. The molecular weight excluding hydrogens is 674 g/mol. The molecule has 1 aromatic carbocycles. The molecule has 3 aromatic heterocycles. The maximum absolute atomic E-state index is 13.3. The van der Waals surface area contributed by atoms with E-state index in [1.165, 1.54) is 0 Å². The summed E-state index contributed by atoms with van der Waals surface area (Å²) in [5.41, 5.74) is 7.12. The highest BCUT2D eigenvalue weighted by Gasteiger charge is 2.39. The molecule has 53 heavy (non-hydrogen) atoms. The number of hydrogen-bond acceptors (Lipinski definition) is 10. The van der Waals surface area contributed by atoms with Crippen LogP contribution in [-0.2, 0) is 29.1 Å². The van der Waals surface area contributed by atoms with E-state index in [-0.39, 0.29) is 35.7 Å². The maximum atomic E-state index is 13.3. The van der Waals surface area contributed by atoms with Gasteiger partial charge in [0.15, 0.2) is 0 Å². The summed E-state index contributed by atoms with van der Waals surface area (Å²) in [4.78, 5) is 83.2. The molecule has 3 saturated heterocycles. The van der Waals surface area contributed by atoms with Crippen molar-refractivity contribution in [3.8, 4) is 0 Å². The summed E-state index contributed by atoms with van der Waals surface area (Å²) in [6.07, 6.45) is 6.42. The number of aryl methyl sites for hydroxylation is 1. The Kier molecular flexibility index (Phi) is 9.37. The van der Waals surface area contributed by atoms with Gasteiger partial charge in [-0.2, -0.15) is 0 Å². The second-order valence-corrected chi connectivity index (χ2v) is 14.4. The van der Waals surface area contributed by atoms with Crippen molar-refractivity contribution in [2.24, 2.45) is 0 Å². The minimum atomic E-state index is -0.632. The zero-order valence-electron chi connectivity index (χ0n) is 29.8. The van der Waals surface area contributed by atoms with E-state index in [9.17, 15) is 24.0 Å². The lowest BCUT2D eigenvalue weighted by molar-refractivity contribution is -0.136. The van der Waals surface area contributed by atoms with Crippen LogP contribution in [0, 0.1) is 0 Å². The number of imide groups is 1. The molecule has 0 bridgehead atoms. The van der Waals surface area contributed by atoms with E-state index in [1.54, 1.807) is 17.2 Å². The highest BCUT2D eigenvalue weighted by atomic mass is 16.2. The van der Waals surface area contributed by atoms with Gasteiger partial charge in [-0.05, 0) is 73.2 Å². The topological polar surface area (TPSA) is 164 Å². The summed E-state index contributed by atoms with van der Waals surface area (Å²) < 4.78 is 0. The molecule has 1 atom stereocenters. The van der Waals surface area contributed by atoms with E-state index in [0.717, 1.165) is 97.8 Å². The van der Waals surface area contributed by atoms with Crippen LogP contribution in [0.2, 0.25) is 0 Å². The fraction of sp³-hybridized carbons (Fsp3) is 0.410. The number of piperidine rings is 2. The normalized spacial score (nSPS) is 19.8. The third-order valence-electron chi connectivity index (χ3n) is 11.0. The van der Waals surface area contributed by atoms with Gasteiger partial charge in [0.1, 0.15) is 11.7 Å². The summed E-state index contributed by atoms with van der Waals surface area (Å²) in [6, 6.07) is 12.9. The number of aromatic amines is 1. The summed E-state index contributed by atoms with van der Waals surface area (Å²) >= 11 is 0. The van der Waals surface area contributed by atoms with E-state index in [4.69, 9.17) is 0 Å². The Morgan fingerprint density at radius 2 is 1.64 bits per heavy atom. The number of rotatable bonds is 8. The van der Waals surface area contributed by atoms with Crippen LogP contribution in [-0.4, -0.2) is 99.7 Å². The van der Waals surface area contributed by atoms with Crippen LogP contribution in [0.3, 0.4) is 0 Å². The smallest absolute Gasteiger partial charge is 0.270 e. The van der Waals surface area contributed by atoms with Gasteiger partial charge < -0.3 is 25.0 Å². The van der Waals surface area contributed by atoms with Gasteiger partial charge in [0.25, 0.3) is 17.4 Å². The Hall–Kier alpha value is -5.63. The molecule has 14 heteroatoms. The molecule has 274 valence electrons. The number of nitrogens with one attached hydrogen (secondary N) is 3. The second-order valence-electron chi connectivity index (χ2n) is 14.4. The number of carbonyl (C=O) groups excluding carboxylic acids is 4. The Morgan fingerprint density at radius 1 is 0.868 bits per heavy atom. The number of nitrogens with zero attached hydrogens (tertiary/aromatic N) is 6. The van der Waals surface area contributed by atoms with E-state index in [1.807, 2.05) is 49.5 Å². The number of fused-ring (bicyclic) bond motifs is 2. The van der Waals surface area contributed by atoms with E-state index in [2.05, 4.69) is 40.3 Å². The Labute approximate surface area is 306 Å². The van der Waals surface area contributed by atoms with Gasteiger partial charge in [0.05, 0.1) is 22.9 Å². The quantitative estimate of drug-likeness (QED) is 0.231. The van der Waals surface area contributed by atoms with Gasteiger partial charge in [-0.1, -0.05) is 13.0 Å². The average Bonchev–Trinajstić information content (AvgIpc) is 3.50. The number of H-pyrrole nitrogens is 1. The van der Waals surface area contributed by atoms with Crippen LogP contribution in [0.5, 0.6) is 0 Å². The molecular formula is C39H43N9O5. The number of anilines is 2. The molecule has 0 saturated carbocycles. The van der Waals surface area contributed by atoms with E-state index >= 15 is 0 Å². The second kappa shape index (κ2) is 14.4. The minimum absolute atomic E-state index is 0.0132. The average molecular weight is 718 g/mol. The van der Waals surface area contributed by atoms with Crippen molar-refractivity contribution in [3.63, 3.8) is 0 Å². The minimum Gasteiger partial charge on any atom is -0.371 e. The SMILES string of the molecule is CCc1cc2ncc(CN3CCN(c4ccc(C(=O)NC5CCN(c6ccc7c(c6)C(=O)N(C6CCC(=O)NC6=O)C7)CC5)nc4)CC3)cc2[nH]c1=O. The first-order valence-electron chi connectivity index (χ1n) is 18.5. The molecule has 4 amide bonds. The molecule has 4 aromatic rings. The molecule has 4 aliphatic heterocycles. The Balaban J connectivity index is 0.800. The van der Waals surface area contributed by atoms with Gasteiger partial charge >= 0.3 is 0 Å². The van der Waals surface area contributed by atoms with Crippen molar-refractivity contribution in [1.29, 1.82) is 0 Å². The molecule has 0 aliphatic carbocycles. The van der Waals surface area contributed by atoms with Gasteiger partial charge in [0, 0.05) is 87.8 Å². The van der Waals surface area contributed by atoms with Gasteiger partial charge in [-0.3, -0.25) is 39.2 Å². The molecule has 1 unspecified atom stereocenters. The van der Waals surface area contributed by atoms with Crippen molar-refractivity contribution in [3.05, 3.63) is 93.2 Å². The first kappa shape index (κ1) is 34.5. The van der Waals surface area contributed by atoms with Crippen LogP contribution in [0.1, 0.15) is 70.1 Å². The molecule has 8 rings (SSSR count). The van der Waals surface area contributed by atoms with Crippen LogP contribution < -0.4 is 26.0 Å². The standard InChI is InChI=1S/C39H43N9O5/c1-2-25-18-32-33(43-36(25)50)17-24(20-40-32)22-45-13-15-47(16-14-45)29-5-6-31(41-21-29)37(51)42-27-9-11-46(12-10-27)28-4-3-26-23-48(39(53)30(26)19-28)34-7-8-35(49)44-38(34)52/h3-6,17-21,27,34H,2,7-16,22-23H2,1H3,(H,42,51)(H,43,50)(H,44,49,52). The number of benzene rings is 1. The number of carbonyl (C=O) groups is 4. The van der Waals surface area contributed by atoms with Crippen LogP contribution in [0.25, 0.3) is 11.0 Å². The van der Waals surface area contributed by atoms with E-state index < -0.39 is 11.9 Å². The lowest BCUT2D eigenvalue weighted by atomic mass is 10.0. The largest absolute Gasteiger partial charge is 0.371 e. The third kappa shape index (κ3) is 7.10. The third-order valence-corrected chi connectivity index (χ3v) is 11.0. The number of hydrogen-bond donors (Lipinski definition) is 3. The van der Waals surface area contributed by atoms with Crippen LogP contribution >= 0.6 is 0 Å². The Bertz CT molecular complexity index is 2140. The molecule has 0 radical (unpaired) electrons. The van der Waals surface area contributed by atoms with Crippen molar-refractivity contribution in [2.75, 3.05) is 49.1 Å².